The lowest BCUT2D eigenvalue weighted by atomic mass is 10.1. The molecule has 0 aromatic carbocycles. The number of methoxy groups -OCH3 is 1. The second kappa shape index (κ2) is 4.71. The van der Waals surface area contributed by atoms with Crippen LogP contribution in [-0.4, -0.2) is 23.1 Å². The van der Waals surface area contributed by atoms with Crippen LogP contribution in [0.5, 0.6) is 5.88 Å². The Bertz CT molecular complexity index is 510. The van der Waals surface area contributed by atoms with Gasteiger partial charge in [-0.3, -0.25) is 4.79 Å². The van der Waals surface area contributed by atoms with Crippen LogP contribution in [0.3, 0.4) is 0 Å². The molecule has 0 atom stereocenters. The van der Waals surface area contributed by atoms with Crippen molar-refractivity contribution < 1.29 is 9.53 Å². The summed E-state index contributed by atoms with van der Waals surface area (Å²) in [5.74, 6) is 0.240. The molecule has 0 aliphatic carbocycles. The van der Waals surface area contributed by atoms with Crippen molar-refractivity contribution in [3.63, 3.8) is 0 Å². The quantitative estimate of drug-likeness (QED) is 0.817. The minimum atomic E-state index is -0.150. The molecule has 16 heavy (non-hydrogen) atoms. The molecule has 4 nitrogen and oxygen atoms in total. The van der Waals surface area contributed by atoms with Crippen LogP contribution in [0.2, 0.25) is 0 Å². The summed E-state index contributed by atoms with van der Waals surface area (Å²) in [6.45, 7) is 0. The largest absolute Gasteiger partial charge is 0.480 e. The van der Waals surface area contributed by atoms with Gasteiger partial charge in [0.15, 0.2) is 0 Å². The van der Waals surface area contributed by atoms with Gasteiger partial charge in [0.2, 0.25) is 11.7 Å². The van der Waals surface area contributed by atoms with Gasteiger partial charge in [0.1, 0.15) is 5.69 Å². The van der Waals surface area contributed by atoms with Crippen LogP contribution < -0.4 is 4.74 Å². The fourth-order valence-electron chi connectivity index (χ4n) is 1.13. The van der Waals surface area contributed by atoms with E-state index >= 15 is 0 Å². The highest BCUT2D eigenvalue weighted by Gasteiger charge is 2.15. The number of nitrogens with zero attached hydrogens (tertiary/aromatic N) is 2. The number of hydrogen-bond donors (Lipinski definition) is 0. The third-order valence-electron chi connectivity index (χ3n) is 1.94. The smallest absolute Gasteiger partial charge is 0.233 e. The minimum Gasteiger partial charge on any atom is -0.480 e. The van der Waals surface area contributed by atoms with E-state index in [0.29, 0.717) is 17.1 Å². The van der Waals surface area contributed by atoms with E-state index in [1.54, 1.807) is 17.5 Å². The third-order valence-corrected chi connectivity index (χ3v) is 3.64. The summed E-state index contributed by atoms with van der Waals surface area (Å²) in [7, 11) is 1.50. The molecule has 6 heteroatoms. The average Bonchev–Trinajstić information content (AvgIpc) is 2.75. The molecule has 0 aliphatic rings. The Morgan fingerprint density at radius 1 is 1.38 bits per heavy atom. The van der Waals surface area contributed by atoms with Crippen LogP contribution in [0.15, 0.2) is 27.4 Å². The van der Waals surface area contributed by atoms with Crippen LogP contribution in [0.1, 0.15) is 16.1 Å². The predicted octanol–water partition coefficient (Wildman–Crippen LogP) is 2.54. The molecule has 0 N–H and O–H groups in total. The average molecular weight is 299 g/mol. The first-order chi connectivity index (χ1) is 7.72. The molecule has 2 aromatic heterocycles. The van der Waals surface area contributed by atoms with Gasteiger partial charge in [-0.2, -0.15) is 11.3 Å². The van der Waals surface area contributed by atoms with Crippen LogP contribution in [0.25, 0.3) is 0 Å². The number of ketones is 1. The number of thiophene rings is 1. The summed E-state index contributed by atoms with van der Waals surface area (Å²) in [6.07, 6.45) is 0. The van der Waals surface area contributed by atoms with Crippen molar-refractivity contribution in [3.8, 4) is 5.88 Å². The van der Waals surface area contributed by atoms with Crippen LogP contribution >= 0.6 is 27.3 Å². The first-order valence-electron chi connectivity index (χ1n) is 4.36. The van der Waals surface area contributed by atoms with Crippen LogP contribution in [0, 0.1) is 0 Å². The highest BCUT2D eigenvalue weighted by atomic mass is 79.9. The Labute approximate surface area is 104 Å². The number of carbonyl (C=O) groups is 1. The van der Waals surface area contributed by atoms with Gasteiger partial charge in [0, 0.05) is 26.9 Å². The number of aromatic nitrogens is 2. The second-order valence-electron chi connectivity index (χ2n) is 2.92. The first-order valence-corrected chi connectivity index (χ1v) is 6.10. The van der Waals surface area contributed by atoms with E-state index < -0.39 is 0 Å². The molecular weight excluding hydrogens is 292 g/mol. The minimum absolute atomic E-state index is 0.150. The zero-order valence-electron chi connectivity index (χ0n) is 8.31. The molecule has 2 heterocycles. The normalized spacial score (nSPS) is 10.1. The summed E-state index contributed by atoms with van der Waals surface area (Å²) in [5, 5.41) is 11.2. The summed E-state index contributed by atoms with van der Waals surface area (Å²) in [5.41, 5.74) is 0.907. The molecule has 0 fully saturated rings. The SMILES string of the molecule is COc1ccc(C(=O)c2cscc2Br)nn1. The molecule has 82 valence electrons. The Morgan fingerprint density at radius 2 is 2.19 bits per heavy atom. The van der Waals surface area contributed by atoms with Crippen molar-refractivity contribution in [3.05, 3.63) is 38.6 Å². The Morgan fingerprint density at radius 3 is 2.69 bits per heavy atom. The highest BCUT2D eigenvalue weighted by molar-refractivity contribution is 9.10. The second-order valence-corrected chi connectivity index (χ2v) is 4.52. The van der Waals surface area contributed by atoms with Gasteiger partial charge in [-0.15, -0.1) is 10.2 Å². The summed E-state index contributed by atoms with van der Waals surface area (Å²) in [4.78, 5) is 12.0. The molecule has 0 unspecified atom stereocenters. The maximum atomic E-state index is 12.0. The van der Waals surface area contributed by atoms with Gasteiger partial charge in [0.25, 0.3) is 0 Å². The van der Waals surface area contributed by atoms with E-state index in [0.717, 1.165) is 4.47 Å². The monoisotopic (exact) mass is 298 g/mol. The van der Waals surface area contributed by atoms with E-state index in [4.69, 9.17) is 4.74 Å². The molecule has 0 saturated heterocycles. The highest BCUT2D eigenvalue weighted by Crippen LogP contribution is 2.23. The van der Waals surface area contributed by atoms with Crippen molar-refractivity contribution in [2.45, 2.75) is 0 Å². The maximum Gasteiger partial charge on any atom is 0.233 e. The zero-order valence-corrected chi connectivity index (χ0v) is 10.7. The number of ether oxygens (including phenoxy) is 1. The topological polar surface area (TPSA) is 52.1 Å². The van der Waals surface area contributed by atoms with Crippen LogP contribution in [0.4, 0.5) is 0 Å². The number of hydrogen-bond acceptors (Lipinski definition) is 5. The van der Waals surface area contributed by atoms with Crippen LogP contribution in [-0.2, 0) is 0 Å². The zero-order chi connectivity index (χ0) is 11.5. The van der Waals surface area contributed by atoms with Crippen molar-refractivity contribution in [1.82, 2.24) is 10.2 Å². The van der Waals surface area contributed by atoms with Gasteiger partial charge < -0.3 is 4.74 Å². The first kappa shape index (κ1) is 11.2. The van der Waals surface area contributed by atoms with E-state index in [1.165, 1.54) is 18.4 Å². The summed E-state index contributed by atoms with van der Waals surface area (Å²) < 4.78 is 5.65. The Balaban J connectivity index is 2.31. The number of rotatable bonds is 3. The molecule has 0 spiro atoms. The molecule has 2 aromatic rings. The lowest BCUT2D eigenvalue weighted by Gasteiger charge is -1.99. The van der Waals surface area contributed by atoms with Crippen molar-refractivity contribution >= 4 is 33.0 Å². The number of halogens is 1. The number of carbonyl (C=O) groups excluding carboxylic acids is 1. The lowest BCUT2D eigenvalue weighted by molar-refractivity contribution is 0.103. The van der Waals surface area contributed by atoms with Crippen molar-refractivity contribution in [2.24, 2.45) is 0 Å². The summed E-state index contributed by atoms with van der Waals surface area (Å²) in [6, 6.07) is 3.21. The molecule has 0 amide bonds. The molecule has 0 bridgehead atoms. The molecular formula is C10H7BrN2O2S. The fourth-order valence-corrected chi connectivity index (χ4v) is 2.59. The van der Waals surface area contributed by atoms with E-state index in [2.05, 4.69) is 26.1 Å². The molecule has 2 rings (SSSR count). The van der Waals surface area contributed by atoms with Gasteiger partial charge in [0.05, 0.1) is 7.11 Å². The Kier molecular flexibility index (Phi) is 3.31. The van der Waals surface area contributed by atoms with E-state index in [1.807, 2.05) is 5.38 Å². The van der Waals surface area contributed by atoms with Gasteiger partial charge in [-0.05, 0) is 22.0 Å². The third kappa shape index (κ3) is 2.12. The van der Waals surface area contributed by atoms with Gasteiger partial charge in [-0.25, -0.2) is 0 Å². The van der Waals surface area contributed by atoms with Gasteiger partial charge in [-0.1, -0.05) is 0 Å². The van der Waals surface area contributed by atoms with E-state index in [9.17, 15) is 4.79 Å². The Hall–Kier alpha value is -1.27. The fraction of sp³-hybridized carbons (Fsp3) is 0.100. The predicted molar refractivity (Wildman–Crippen MR) is 64.0 cm³/mol. The van der Waals surface area contributed by atoms with E-state index in [-0.39, 0.29) is 5.78 Å². The lowest BCUT2D eigenvalue weighted by Crippen LogP contribution is -2.05. The summed E-state index contributed by atoms with van der Waals surface area (Å²) >= 11 is 4.77. The molecule has 0 aliphatic heterocycles. The standard InChI is InChI=1S/C10H7BrN2O2S/c1-15-9-3-2-8(12-13-9)10(14)6-4-16-5-7(6)11/h2-5H,1H3. The van der Waals surface area contributed by atoms with Crippen molar-refractivity contribution in [1.29, 1.82) is 0 Å². The maximum absolute atomic E-state index is 12.0. The van der Waals surface area contributed by atoms with Crippen molar-refractivity contribution in [2.75, 3.05) is 7.11 Å². The molecule has 0 saturated carbocycles. The molecule has 0 radical (unpaired) electrons. The van der Waals surface area contributed by atoms with Gasteiger partial charge >= 0.3 is 0 Å².